The topological polar surface area (TPSA) is 116 Å². The maximum absolute atomic E-state index is 14.7. The Morgan fingerprint density at radius 3 is 2.84 bits per heavy atom. The van der Waals surface area contributed by atoms with Crippen molar-refractivity contribution >= 4 is 49.5 Å². The van der Waals surface area contributed by atoms with Gasteiger partial charge in [-0.1, -0.05) is 13.0 Å². The molecule has 32 heavy (non-hydrogen) atoms. The molecule has 0 saturated heterocycles. The lowest BCUT2D eigenvalue weighted by Crippen LogP contribution is -2.15. The van der Waals surface area contributed by atoms with Gasteiger partial charge in [0.25, 0.3) is 0 Å². The Morgan fingerprint density at radius 2 is 2.03 bits per heavy atom. The van der Waals surface area contributed by atoms with Crippen molar-refractivity contribution in [3.05, 3.63) is 64.3 Å². The minimum Gasteiger partial charge on any atom is -0.389 e. The zero-order chi connectivity index (χ0) is 22.6. The van der Waals surface area contributed by atoms with Gasteiger partial charge in [-0.15, -0.1) is 0 Å². The monoisotopic (exact) mass is 496 g/mol. The Morgan fingerprint density at radius 1 is 1.22 bits per heavy atom. The summed E-state index contributed by atoms with van der Waals surface area (Å²) in [6.07, 6.45) is 5.98. The number of halogens is 2. The molecular weight excluding hydrogens is 475 g/mol. The normalized spacial score (nSPS) is 19.6. The van der Waals surface area contributed by atoms with Crippen molar-refractivity contribution in [3.8, 4) is 0 Å². The van der Waals surface area contributed by atoms with E-state index in [1.807, 2.05) is 29.8 Å². The number of aliphatic hydroxyl groups is 1. The predicted octanol–water partition coefficient (Wildman–Crippen LogP) is 4.16. The molecule has 0 saturated carbocycles. The van der Waals surface area contributed by atoms with Gasteiger partial charge in [0.2, 0.25) is 0 Å². The van der Waals surface area contributed by atoms with Crippen LogP contribution in [0.15, 0.2) is 52.9 Å². The third kappa shape index (κ3) is 3.51. The van der Waals surface area contributed by atoms with Crippen LogP contribution < -0.4 is 11.5 Å². The molecule has 0 fully saturated rings. The molecule has 9 heteroatoms. The molecule has 0 aliphatic heterocycles. The van der Waals surface area contributed by atoms with Gasteiger partial charge in [0.1, 0.15) is 29.4 Å². The van der Waals surface area contributed by atoms with Gasteiger partial charge < -0.3 is 21.1 Å². The predicted molar refractivity (Wildman–Crippen MR) is 126 cm³/mol. The van der Waals surface area contributed by atoms with E-state index in [0.717, 1.165) is 22.2 Å². The molecule has 0 radical (unpaired) electrons. The lowest BCUT2D eigenvalue weighted by molar-refractivity contribution is 0.190. The molecule has 5 rings (SSSR count). The van der Waals surface area contributed by atoms with E-state index in [0.29, 0.717) is 39.9 Å². The smallest absolute Gasteiger partial charge is 0.146 e. The molecule has 4 aromatic rings. The van der Waals surface area contributed by atoms with Crippen molar-refractivity contribution < 1.29 is 9.50 Å². The van der Waals surface area contributed by atoms with Gasteiger partial charge in [-0.25, -0.2) is 19.3 Å². The van der Waals surface area contributed by atoms with Crippen LogP contribution in [0.5, 0.6) is 0 Å². The van der Waals surface area contributed by atoms with E-state index in [4.69, 9.17) is 11.5 Å². The van der Waals surface area contributed by atoms with Gasteiger partial charge in [0.15, 0.2) is 0 Å². The van der Waals surface area contributed by atoms with Crippen molar-refractivity contribution in [2.75, 3.05) is 11.5 Å². The first-order valence-electron chi connectivity index (χ1n) is 10.3. The molecule has 7 nitrogen and oxygen atoms in total. The molecule has 5 N–H and O–H groups in total. The van der Waals surface area contributed by atoms with Crippen LogP contribution in [0.4, 0.5) is 16.0 Å². The van der Waals surface area contributed by atoms with E-state index < -0.39 is 6.10 Å². The van der Waals surface area contributed by atoms with Crippen molar-refractivity contribution in [1.82, 2.24) is 19.5 Å². The number of fused-ring (bicyclic) bond motifs is 2. The van der Waals surface area contributed by atoms with Gasteiger partial charge in [-0.3, -0.25) is 0 Å². The van der Waals surface area contributed by atoms with E-state index in [-0.39, 0.29) is 17.8 Å². The number of benzene rings is 1. The third-order valence-electron chi connectivity index (χ3n) is 6.17. The summed E-state index contributed by atoms with van der Waals surface area (Å²) in [5, 5.41) is 12.0. The fourth-order valence-corrected chi connectivity index (χ4v) is 4.89. The van der Waals surface area contributed by atoms with Gasteiger partial charge in [0, 0.05) is 18.0 Å². The Bertz CT molecular complexity index is 1380. The van der Waals surface area contributed by atoms with Crippen LogP contribution in [0.2, 0.25) is 0 Å². The van der Waals surface area contributed by atoms with Crippen molar-refractivity contribution in [1.29, 1.82) is 0 Å². The van der Waals surface area contributed by atoms with Crippen molar-refractivity contribution in [3.63, 3.8) is 0 Å². The molecule has 1 aromatic carbocycles. The van der Waals surface area contributed by atoms with Gasteiger partial charge >= 0.3 is 0 Å². The standard InChI is InChI=1S/C23H22BrFN6O/c1-11(4-12-5-18(25)16-9-17(24)22(27)30-19(16)6-12)15-7-13(8-20(15)32)31-3-2-14-21(26)28-10-29-23(14)31/h2-3,5-7,9-11,13,20,32H,4,8H2,1H3,(H2,27,30)(H2,26,28,29)/t11?,13-,20+/m1/s1. The van der Waals surface area contributed by atoms with Crippen molar-refractivity contribution in [2.45, 2.75) is 31.9 Å². The Labute approximate surface area is 192 Å². The summed E-state index contributed by atoms with van der Waals surface area (Å²) in [6, 6.07) is 6.88. The molecule has 1 aliphatic rings. The Balaban J connectivity index is 1.43. The molecule has 164 valence electrons. The summed E-state index contributed by atoms with van der Waals surface area (Å²) in [5.74, 6) is 0.431. The average Bonchev–Trinajstić information content (AvgIpc) is 3.34. The quantitative estimate of drug-likeness (QED) is 0.365. The number of rotatable bonds is 4. The van der Waals surface area contributed by atoms with Gasteiger partial charge in [0.05, 0.1) is 27.5 Å². The van der Waals surface area contributed by atoms with Gasteiger partial charge in [-0.05, 0) is 63.7 Å². The number of nitrogen functional groups attached to an aromatic ring is 2. The number of hydrogen-bond donors (Lipinski definition) is 3. The summed E-state index contributed by atoms with van der Waals surface area (Å²) in [5.41, 5.74) is 14.8. The molecule has 0 amide bonds. The van der Waals surface area contributed by atoms with E-state index >= 15 is 0 Å². The fraction of sp³-hybridized carbons (Fsp3) is 0.261. The summed E-state index contributed by atoms with van der Waals surface area (Å²) in [4.78, 5) is 12.7. The second-order valence-electron chi connectivity index (χ2n) is 8.31. The van der Waals surface area contributed by atoms with E-state index in [2.05, 4.69) is 37.0 Å². The lowest BCUT2D eigenvalue weighted by atomic mass is 9.91. The first-order valence-corrected chi connectivity index (χ1v) is 11.1. The van der Waals surface area contributed by atoms with E-state index in [1.54, 1.807) is 6.07 Å². The summed E-state index contributed by atoms with van der Waals surface area (Å²) < 4.78 is 17.3. The summed E-state index contributed by atoms with van der Waals surface area (Å²) in [6.45, 7) is 2.04. The maximum atomic E-state index is 14.7. The molecule has 0 spiro atoms. The number of pyridine rings is 1. The van der Waals surface area contributed by atoms with Gasteiger partial charge in [-0.2, -0.15) is 0 Å². The highest BCUT2D eigenvalue weighted by Crippen LogP contribution is 2.37. The number of hydrogen-bond acceptors (Lipinski definition) is 6. The minimum atomic E-state index is -0.582. The molecule has 1 unspecified atom stereocenters. The molecular formula is C23H22BrFN6O. The molecule has 3 atom stereocenters. The average molecular weight is 497 g/mol. The summed E-state index contributed by atoms with van der Waals surface area (Å²) in [7, 11) is 0. The Kier molecular flexibility index (Phi) is 5.10. The highest BCUT2D eigenvalue weighted by Gasteiger charge is 2.30. The lowest BCUT2D eigenvalue weighted by Gasteiger charge is -2.17. The number of aliphatic hydroxyl groups excluding tert-OH is 1. The number of aromatic nitrogens is 4. The van der Waals surface area contributed by atoms with Crippen LogP contribution in [-0.2, 0) is 6.42 Å². The third-order valence-corrected chi connectivity index (χ3v) is 6.80. The first kappa shape index (κ1) is 20.8. The molecule has 3 heterocycles. The zero-order valence-electron chi connectivity index (χ0n) is 17.3. The molecule has 0 bridgehead atoms. The Hall–Kier alpha value is -3.04. The zero-order valence-corrected chi connectivity index (χ0v) is 18.9. The molecule has 1 aliphatic carbocycles. The second kappa shape index (κ2) is 7.83. The largest absolute Gasteiger partial charge is 0.389 e. The fourth-order valence-electron chi connectivity index (χ4n) is 4.58. The van der Waals surface area contributed by atoms with Crippen molar-refractivity contribution in [2.24, 2.45) is 5.92 Å². The highest BCUT2D eigenvalue weighted by molar-refractivity contribution is 9.10. The van der Waals surface area contributed by atoms with Crippen LogP contribution >= 0.6 is 15.9 Å². The number of allylic oxidation sites excluding steroid dienone is 1. The number of anilines is 2. The van der Waals surface area contributed by atoms with Crippen LogP contribution in [0, 0.1) is 11.7 Å². The maximum Gasteiger partial charge on any atom is 0.146 e. The molecule has 3 aromatic heterocycles. The summed E-state index contributed by atoms with van der Waals surface area (Å²) >= 11 is 3.30. The second-order valence-corrected chi connectivity index (χ2v) is 9.16. The minimum absolute atomic E-state index is 0.0150. The van der Waals surface area contributed by atoms with E-state index in [9.17, 15) is 9.50 Å². The number of nitrogens with zero attached hydrogens (tertiary/aromatic N) is 4. The van der Waals surface area contributed by atoms with Crippen LogP contribution in [0.3, 0.4) is 0 Å². The van der Waals surface area contributed by atoms with Crippen LogP contribution in [0.1, 0.15) is 24.9 Å². The number of nitrogens with two attached hydrogens (primary N) is 2. The van der Waals surface area contributed by atoms with Crippen LogP contribution in [0.25, 0.3) is 21.9 Å². The SMILES string of the molecule is CC(Cc1cc(F)c2cc(Br)c(N)nc2c1)C1=C[C@@H](n2ccc3c(N)ncnc32)C[C@@H]1O. The van der Waals surface area contributed by atoms with Crippen LogP contribution in [-0.4, -0.2) is 30.7 Å². The highest BCUT2D eigenvalue weighted by atomic mass is 79.9. The van der Waals surface area contributed by atoms with E-state index in [1.165, 1.54) is 12.4 Å². The first-order chi connectivity index (χ1) is 15.3.